The topological polar surface area (TPSA) is 29.1 Å². The minimum Gasteiger partial charge on any atom is -0.353 e. The Morgan fingerprint density at radius 3 is 2.13 bits per heavy atom. The number of hydrogen-bond donors (Lipinski definition) is 1. The average molecular weight is 325 g/mol. The lowest BCUT2D eigenvalue weighted by molar-refractivity contribution is -0.120. The molecule has 1 aliphatic rings. The Morgan fingerprint density at radius 2 is 1.57 bits per heavy atom. The van der Waals surface area contributed by atoms with Crippen molar-refractivity contribution >= 4 is 17.7 Å². The van der Waals surface area contributed by atoms with Crippen molar-refractivity contribution in [3.8, 4) is 0 Å². The zero-order chi connectivity index (χ0) is 16.2. The van der Waals surface area contributed by atoms with Gasteiger partial charge in [0.15, 0.2) is 0 Å². The lowest BCUT2D eigenvalue weighted by Gasteiger charge is -2.40. The van der Waals surface area contributed by atoms with Crippen LogP contribution in [0.25, 0.3) is 0 Å². The van der Waals surface area contributed by atoms with Gasteiger partial charge in [-0.25, -0.2) is 0 Å². The van der Waals surface area contributed by atoms with Crippen molar-refractivity contribution < 1.29 is 4.79 Å². The molecule has 3 rings (SSSR count). The molecular weight excluding hydrogens is 302 g/mol. The fourth-order valence-electron chi connectivity index (χ4n) is 3.37. The van der Waals surface area contributed by atoms with Gasteiger partial charge in [-0.3, -0.25) is 4.79 Å². The summed E-state index contributed by atoms with van der Waals surface area (Å²) >= 11 is 2.03. The highest BCUT2D eigenvalue weighted by Crippen LogP contribution is 2.52. The van der Waals surface area contributed by atoms with Gasteiger partial charge in [0.1, 0.15) is 0 Å². The molecule has 1 aliphatic heterocycles. The van der Waals surface area contributed by atoms with Crippen LogP contribution in [0.4, 0.5) is 0 Å². The predicted molar refractivity (Wildman–Crippen MR) is 97.3 cm³/mol. The van der Waals surface area contributed by atoms with E-state index >= 15 is 0 Å². The average Bonchev–Trinajstić information content (AvgIpc) is 2.58. The van der Waals surface area contributed by atoms with Crippen LogP contribution in [0.5, 0.6) is 0 Å². The van der Waals surface area contributed by atoms with Crippen LogP contribution in [0, 0.1) is 5.92 Å². The molecular formula is C20H23NOS. The van der Waals surface area contributed by atoms with Crippen molar-refractivity contribution in [2.45, 2.75) is 36.8 Å². The number of thioether (sulfide) groups is 1. The van der Waals surface area contributed by atoms with E-state index in [1.807, 2.05) is 11.8 Å². The van der Waals surface area contributed by atoms with Crippen LogP contribution in [0.2, 0.25) is 0 Å². The first kappa shape index (κ1) is 16.1. The number of carbonyl (C=O) groups is 1. The summed E-state index contributed by atoms with van der Waals surface area (Å²) in [7, 11) is 0. The molecule has 1 N–H and O–H groups in total. The Labute approximate surface area is 142 Å². The molecule has 0 spiro atoms. The molecule has 1 fully saturated rings. The summed E-state index contributed by atoms with van der Waals surface area (Å²) in [5.74, 6) is 0.471. The Kier molecular flexibility index (Phi) is 5.06. The van der Waals surface area contributed by atoms with Crippen molar-refractivity contribution in [3.05, 3.63) is 71.8 Å². The third kappa shape index (κ3) is 3.78. The minimum atomic E-state index is 0.0624. The van der Waals surface area contributed by atoms with Crippen LogP contribution in [-0.4, -0.2) is 11.9 Å². The molecule has 23 heavy (non-hydrogen) atoms. The standard InChI is InChI=1S/C20H23NOS/c1-14-18(21-15(2)22)13-19(16-9-5-3-6-10-16)23-20(14)17-11-7-4-8-12-17/h3-12,14,18-20H,13H2,1-2H3,(H,21,22)/t14-,18-,19+,20-/m1/s1. The lowest BCUT2D eigenvalue weighted by atomic mass is 9.88. The van der Waals surface area contributed by atoms with Gasteiger partial charge >= 0.3 is 0 Å². The summed E-state index contributed by atoms with van der Waals surface area (Å²) < 4.78 is 0. The maximum absolute atomic E-state index is 11.6. The second-order valence-electron chi connectivity index (χ2n) is 6.27. The number of nitrogens with one attached hydrogen (secondary N) is 1. The van der Waals surface area contributed by atoms with Crippen LogP contribution in [-0.2, 0) is 4.79 Å². The van der Waals surface area contributed by atoms with Crippen molar-refractivity contribution in [1.82, 2.24) is 5.32 Å². The predicted octanol–water partition coefficient (Wildman–Crippen LogP) is 4.75. The fraction of sp³-hybridized carbons (Fsp3) is 0.350. The maximum atomic E-state index is 11.6. The van der Waals surface area contributed by atoms with Crippen molar-refractivity contribution in [2.24, 2.45) is 5.92 Å². The molecule has 0 unspecified atom stereocenters. The van der Waals surface area contributed by atoms with E-state index in [0.29, 0.717) is 16.4 Å². The number of benzene rings is 2. The molecule has 1 heterocycles. The summed E-state index contributed by atoms with van der Waals surface area (Å²) in [6.45, 7) is 3.87. The van der Waals surface area contributed by atoms with Gasteiger partial charge in [0.25, 0.3) is 0 Å². The van der Waals surface area contributed by atoms with E-state index in [4.69, 9.17) is 0 Å². The van der Waals surface area contributed by atoms with Gasteiger partial charge in [0.05, 0.1) is 0 Å². The molecule has 0 saturated carbocycles. The summed E-state index contributed by atoms with van der Waals surface area (Å²) in [5, 5.41) is 3.99. The molecule has 0 aromatic heterocycles. The summed E-state index contributed by atoms with van der Waals surface area (Å²) in [6, 6.07) is 21.5. The molecule has 0 aliphatic carbocycles. The summed E-state index contributed by atoms with van der Waals surface area (Å²) in [5.41, 5.74) is 2.70. The number of rotatable bonds is 3. The number of hydrogen-bond acceptors (Lipinski definition) is 2. The minimum absolute atomic E-state index is 0.0624. The van der Waals surface area contributed by atoms with E-state index < -0.39 is 0 Å². The zero-order valence-electron chi connectivity index (χ0n) is 13.6. The largest absolute Gasteiger partial charge is 0.353 e. The first-order valence-corrected chi connectivity index (χ1v) is 9.12. The normalized spacial score (nSPS) is 27.4. The smallest absolute Gasteiger partial charge is 0.217 e. The molecule has 120 valence electrons. The monoisotopic (exact) mass is 325 g/mol. The van der Waals surface area contributed by atoms with Gasteiger partial charge in [-0.05, 0) is 23.5 Å². The molecule has 0 bridgehead atoms. The lowest BCUT2D eigenvalue weighted by Crippen LogP contribution is -2.43. The van der Waals surface area contributed by atoms with Crippen molar-refractivity contribution in [1.29, 1.82) is 0 Å². The van der Waals surface area contributed by atoms with E-state index in [0.717, 1.165) is 6.42 Å². The molecule has 1 amide bonds. The third-order valence-corrected chi connectivity index (χ3v) is 6.37. The highest BCUT2D eigenvalue weighted by molar-refractivity contribution is 7.99. The van der Waals surface area contributed by atoms with Gasteiger partial charge in [-0.15, -0.1) is 11.8 Å². The van der Waals surface area contributed by atoms with Crippen LogP contribution >= 0.6 is 11.8 Å². The van der Waals surface area contributed by atoms with E-state index in [9.17, 15) is 4.79 Å². The van der Waals surface area contributed by atoms with E-state index in [2.05, 4.69) is 72.9 Å². The molecule has 2 aromatic rings. The first-order chi connectivity index (χ1) is 11.1. The number of amides is 1. The Bertz CT molecular complexity index is 643. The highest BCUT2D eigenvalue weighted by Gasteiger charge is 2.37. The SMILES string of the molecule is CC(=O)N[C@@H]1C[C@@H](c2ccccc2)S[C@@H](c2ccccc2)[C@@H]1C. The van der Waals surface area contributed by atoms with E-state index in [1.54, 1.807) is 6.92 Å². The quantitative estimate of drug-likeness (QED) is 0.882. The van der Waals surface area contributed by atoms with E-state index in [-0.39, 0.29) is 11.9 Å². The maximum Gasteiger partial charge on any atom is 0.217 e. The molecule has 4 atom stereocenters. The van der Waals surface area contributed by atoms with Crippen LogP contribution in [0.3, 0.4) is 0 Å². The molecule has 2 aromatic carbocycles. The molecule has 2 nitrogen and oxygen atoms in total. The third-order valence-electron chi connectivity index (χ3n) is 4.58. The first-order valence-electron chi connectivity index (χ1n) is 8.17. The van der Waals surface area contributed by atoms with Gasteiger partial charge in [-0.2, -0.15) is 0 Å². The fourth-order valence-corrected chi connectivity index (χ4v) is 5.11. The molecule has 0 radical (unpaired) electrons. The summed E-state index contributed by atoms with van der Waals surface area (Å²) in [4.78, 5) is 11.6. The second kappa shape index (κ2) is 7.22. The van der Waals surface area contributed by atoms with Crippen LogP contribution in [0.1, 0.15) is 41.9 Å². The molecule has 3 heteroatoms. The Morgan fingerprint density at radius 1 is 1.00 bits per heavy atom. The van der Waals surface area contributed by atoms with Crippen molar-refractivity contribution in [2.75, 3.05) is 0 Å². The second-order valence-corrected chi connectivity index (χ2v) is 7.62. The van der Waals surface area contributed by atoms with Crippen molar-refractivity contribution in [3.63, 3.8) is 0 Å². The highest BCUT2D eigenvalue weighted by atomic mass is 32.2. The zero-order valence-corrected chi connectivity index (χ0v) is 14.4. The van der Waals surface area contributed by atoms with Gasteiger partial charge < -0.3 is 5.32 Å². The van der Waals surface area contributed by atoms with Gasteiger partial charge in [-0.1, -0.05) is 67.6 Å². The van der Waals surface area contributed by atoms with Gasteiger partial charge in [0, 0.05) is 23.5 Å². The molecule has 1 saturated heterocycles. The Balaban J connectivity index is 1.90. The van der Waals surface area contributed by atoms with Crippen LogP contribution < -0.4 is 5.32 Å². The van der Waals surface area contributed by atoms with Gasteiger partial charge in [0.2, 0.25) is 5.91 Å². The number of carbonyl (C=O) groups excluding carboxylic acids is 1. The Hall–Kier alpha value is -1.74. The van der Waals surface area contributed by atoms with Crippen LogP contribution in [0.15, 0.2) is 60.7 Å². The summed E-state index contributed by atoms with van der Waals surface area (Å²) in [6.07, 6.45) is 0.985. The van der Waals surface area contributed by atoms with E-state index in [1.165, 1.54) is 11.1 Å².